The number of amides is 1. The van der Waals surface area contributed by atoms with Crippen molar-refractivity contribution in [1.29, 1.82) is 0 Å². The van der Waals surface area contributed by atoms with E-state index in [9.17, 15) is 13.6 Å². The van der Waals surface area contributed by atoms with E-state index in [0.717, 1.165) is 0 Å². The molecule has 8 nitrogen and oxygen atoms in total. The van der Waals surface area contributed by atoms with E-state index in [2.05, 4.69) is 25.1 Å². The molecule has 0 aliphatic carbocycles. The molecule has 5 aromatic rings. The number of hydrogen-bond donors (Lipinski definition) is 1. The maximum atomic E-state index is 13.3. The third-order valence-electron chi connectivity index (χ3n) is 5.09. The molecule has 0 radical (unpaired) electrons. The molecule has 0 aliphatic heterocycles. The lowest BCUT2D eigenvalue weighted by Gasteiger charge is -2.08. The lowest BCUT2D eigenvalue weighted by Crippen LogP contribution is -2.13. The van der Waals surface area contributed by atoms with Crippen molar-refractivity contribution in [2.24, 2.45) is 7.05 Å². The molecule has 11 heteroatoms. The first kappa shape index (κ1) is 21.7. The number of aromatic nitrogens is 4. The lowest BCUT2D eigenvalue weighted by atomic mass is 10.1. The van der Waals surface area contributed by atoms with E-state index in [4.69, 9.17) is 4.42 Å². The van der Waals surface area contributed by atoms with Crippen LogP contribution < -0.4 is 10.1 Å². The molecule has 1 amide bonds. The summed E-state index contributed by atoms with van der Waals surface area (Å²) < 4.78 is 37.2. The SMILES string of the molecule is Cc1nn(C)c2nc(-c3ccco3)cc(C(=O)Nc3nc(-c4ccccc4OC(F)F)cs3)c12. The molecule has 5 rings (SSSR count). The number of rotatable bonds is 6. The molecule has 0 aliphatic rings. The molecule has 1 aromatic carbocycles. The zero-order chi connectivity index (χ0) is 23.8. The number of carbonyl (C=O) groups is 1. The predicted octanol–water partition coefficient (Wildman–Crippen LogP) is 5.51. The Morgan fingerprint density at radius 1 is 1.18 bits per heavy atom. The molecular weight excluding hydrogens is 464 g/mol. The molecule has 0 spiro atoms. The van der Waals surface area contributed by atoms with Gasteiger partial charge in [0.05, 0.1) is 28.6 Å². The van der Waals surface area contributed by atoms with Gasteiger partial charge in [0.2, 0.25) is 0 Å². The minimum absolute atomic E-state index is 0.00518. The smallest absolute Gasteiger partial charge is 0.387 e. The number of alkyl halides is 2. The number of halogens is 2. The molecule has 1 N–H and O–H groups in total. The number of hydrogen-bond acceptors (Lipinski definition) is 7. The number of thiazole rings is 1. The average Bonchev–Trinajstić information content (AvgIpc) is 3.55. The Bertz CT molecular complexity index is 1490. The highest BCUT2D eigenvalue weighted by Crippen LogP contribution is 2.34. The van der Waals surface area contributed by atoms with E-state index >= 15 is 0 Å². The van der Waals surface area contributed by atoms with Gasteiger partial charge in [-0.2, -0.15) is 13.9 Å². The van der Waals surface area contributed by atoms with Gasteiger partial charge in [-0.3, -0.25) is 14.8 Å². The average molecular weight is 481 g/mol. The highest BCUT2D eigenvalue weighted by Gasteiger charge is 2.21. The van der Waals surface area contributed by atoms with Gasteiger partial charge in [-0.05, 0) is 37.3 Å². The Morgan fingerprint density at radius 2 is 2.00 bits per heavy atom. The van der Waals surface area contributed by atoms with Gasteiger partial charge >= 0.3 is 6.61 Å². The molecule has 0 bridgehead atoms. The van der Waals surface area contributed by atoms with Gasteiger partial charge in [-0.1, -0.05) is 12.1 Å². The largest absolute Gasteiger partial charge is 0.463 e. The minimum atomic E-state index is -2.96. The number of fused-ring (bicyclic) bond motifs is 1. The summed E-state index contributed by atoms with van der Waals surface area (Å²) in [7, 11) is 1.75. The number of nitrogens with one attached hydrogen (secondary N) is 1. The second-order valence-electron chi connectivity index (χ2n) is 7.31. The van der Waals surface area contributed by atoms with Gasteiger partial charge in [0, 0.05) is 18.0 Å². The second kappa shape index (κ2) is 8.67. The maximum Gasteiger partial charge on any atom is 0.387 e. The number of nitrogens with zero attached hydrogens (tertiary/aromatic N) is 4. The van der Waals surface area contributed by atoms with E-state index in [0.29, 0.717) is 50.1 Å². The van der Waals surface area contributed by atoms with Crippen LogP contribution in [0.15, 0.2) is 58.5 Å². The van der Waals surface area contributed by atoms with Crippen molar-refractivity contribution in [2.75, 3.05) is 5.32 Å². The number of para-hydroxylation sites is 1. The molecule has 34 heavy (non-hydrogen) atoms. The van der Waals surface area contributed by atoms with Crippen LogP contribution in [-0.2, 0) is 7.05 Å². The summed E-state index contributed by atoms with van der Waals surface area (Å²) in [6.07, 6.45) is 1.53. The number of furan rings is 1. The third kappa shape index (κ3) is 4.01. The fourth-order valence-electron chi connectivity index (χ4n) is 3.67. The summed E-state index contributed by atoms with van der Waals surface area (Å²) >= 11 is 1.17. The Hall–Kier alpha value is -4.12. The van der Waals surface area contributed by atoms with Crippen LogP contribution in [0.25, 0.3) is 33.7 Å². The van der Waals surface area contributed by atoms with Crippen molar-refractivity contribution < 1.29 is 22.7 Å². The van der Waals surface area contributed by atoms with E-state index in [1.165, 1.54) is 23.7 Å². The number of aryl methyl sites for hydroxylation is 2. The van der Waals surface area contributed by atoms with Gasteiger partial charge in [-0.15, -0.1) is 11.3 Å². The van der Waals surface area contributed by atoms with Crippen LogP contribution in [-0.4, -0.2) is 32.3 Å². The molecular formula is C23H17F2N5O3S. The number of ether oxygens (including phenoxy) is 1. The van der Waals surface area contributed by atoms with Crippen LogP contribution in [0.1, 0.15) is 16.1 Å². The summed E-state index contributed by atoms with van der Waals surface area (Å²) in [5, 5.41) is 9.77. The molecule has 0 saturated carbocycles. The Balaban J connectivity index is 1.50. The summed E-state index contributed by atoms with van der Waals surface area (Å²) in [6.45, 7) is -1.16. The molecule has 4 heterocycles. The van der Waals surface area contributed by atoms with Crippen LogP contribution in [0, 0.1) is 6.92 Å². The Labute approximate surface area is 195 Å². The highest BCUT2D eigenvalue weighted by molar-refractivity contribution is 7.14. The normalized spacial score (nSPS) is 11.3. The van der Waals surface area contributed by atoms with Gasteiger partial charge in [-0.25, -0.2) is 9.97 Å². The van der Waals surface area contributed by atoms with E-state index in [1.54, 1.807) is 60.4 Å². The summed E-state index contributed by atoms with van der Waals surface area (Å²) in [4.78, 5) is 22.3. The molecule has 172 valence electrons. The van der Waals surface area contributed by atoms with Crippen molar-refractivity contribution in [3.8, 4) is 28.5 Å². The second-order valence-corrected chi connectivity index (χ2v) is 8.16. The van der Waals surface area contributed by atoms with Crippen molar-refractivity contribution >= 4 is 33.4 Å². The summed E-state index contributed by atoms with van der Waals surface area (Å²) in [5.41, 5.74) is 2.84. The number of carbonyl (C=O) groups excluding carboxylic acids is 1. The summed E-state index contributed by atoms with van der Waals surface area (Å²) in [5.74, 6) is 0.113. The van der Waals surface area contributed by atoms with E-state index < -0.39 is 12.5 Å². The van der Waals surface area contributed by atoms with Gasteiger partial charge < -0.3 is 9.15 Å². The van der Waals surface area contributed by atoms with Crippen LogP contribution in [0.2, 0.25) is 0 Å². The van der Waals surface area contributed by atoms with Crippen molar-refractivity contribution in [3.63, 3.8) is 0 Å². The fraction of sp³-hybridized carbons (Fsp3) is 0.130. The van der Waals surface area contributed by atoms with E-state index in [1.807, 2.05) is 0 Å². The number of anilines is 1. The number of pyridine rings is 1. The van der Waals surface area contributed by atoms with Crippen molar-refractivity contribution in [2.45, 2.75) is 13.5 Å². The van der Waals surface area contributed by atoms with Crippen molar-refractivity contribution in [1.82, 2.24) is 19.7 Å². The first-order valence-electron chi connectivity index (χ1n) is 10.1. The first-order chi connectivity index (χ1) is 16.4. The molecule has 4 aromatic heterocycles. The van der Waals surface area contributed by atoms with Crippen molar-refractivity contribution in [3.05, 3.63) is 65.4 Å². The topological polar surface area (TPSA) is 95.1 Å². The maximum absolute atomic E-state index is 13.3. The van der Waals surface area contributed by atoms with Crippen LogP contribution >= 0.6 is 11.3 Å². The third-order valence-corrected chi connectivity index (χ3v) is 5.85. The zero-order valence-electron chi connectivity index (χ0n) is 18.0. The van der Waals surface area contributed by atoms with Gasteiger partial charge in [0.1, 0.15) is 11.4 Å². The van der Waals surface area contributed by atoms with Crippen LogP contribution in [0.4, 0.5) is 13.9 Å². The molecule has 0 fully saturated rings. The summed E-state index contributed by atoms with van der Waals surface area (Å²) in [6, 6.07) is 11.5. The lowest BCUT2D eigenvalue weighted by molar-refractivity contribution is -0.0494. The monoisotopic (exact) mass is 481 g/mol. The quantitative estimate of drug-likeness (QED) is 0.343. The highest BCUT2D eigenvalue weighted by atomic mass is 32.1. The first-order valence-corrected chi connectivity index (χ1v) is 11.0. The van der Waals surface area contributed by atoms with E-state index in [-0.39, 0.29) is 5.75 Å². The van der Waals surface area contributed by atoms with Crippen LogP contribution in [0.5, 0.6) is 5.75 Å². The fourth-order valence-corrected chi connectivity index (χ4v) is 4.38. The molecule has 0 atom stereocenters. The minimum Gasteiger partial charge on any atom is -0.463 e. The Kier molecular flexibility index (Phi) is 5.54. The standard InChI is InChI=1S/C23H17F2N5O3S/c1-12-19-14(10-15(18-8-5-9-32-18)26-20(19)30(2)29-12)21(31)28-23-27-16(11-34-23)13-6-3-4-7-17(13)33-22(24)25/h3-11,22H,1-2H3,(H,27,28,31). The van der Waals surface area contributed by atoms with Gasteiger partial charge in [0.15, 0.2) is 16.5 Å². The number of benzene rings is 1. The molecule has 0 saturated heterocycles. The molecule has 0 unspecified atom stereocenters. The predicted molar refractivity (Wildman–Crippen MR) is 123 cm³/mol. The zero-order valence-corrected chi connectivity index (χ0v) is 18.8. The van der Waals surface area contributed by atoms with Crippen LogP contribution in [0.3, 0.4) is 0 Å². The van der Waals surface area contributed by atoms with Gasteiger partial charge in [0.25, 0.3) is 5.91 Å². The Morgan fingerprint density at radius 3 is 2.76 bits per heavy atom.